The summed E-state index contributed by atoms with van der Waals surface area (Å²) in [5.74, 6) is 2.09. The molecule has 0 bridgehead atoms. The van der Waals surface area contributed by atoms with Crippen LogP contribution in [0, 0.1) is 20.8 Å². The van der Waals surface area contributed by atoms with Crippen molar-refractivity contribution in [2.75, 3.05) is 19.7 Å². The van der Waals surface area contributed by atoms with Gasteiger partial charge in [-0.05, 0) is 50.5 Å². The Bertz CT molecular complexity index is 711. The minimum absolute atomic E-state index is 0.0121. The number of ether oxygens (including phenoxy) is 1. The third-order valence-corrected chi connectivity index (χ3v) is 4.27. The second kappa shape index (κ2) is 6.40. The number of hydrogen-bond donors (Lipinski definition) is 0. The van der Waals surface area contributed by atoms with Crippen molar-refractivity contribution >= 4 is 5.91 Å². The monoisotopic (exact) mass is 315 g/mol. The van der Waals surface area contributed by atoms with Gasteiger partial charge in [0, 0.05) is 13.1 Å². The molecular formula is C17H21N3O3. The van der Waals surface area contributed by atoms with E-state index >= 15 is 0 Å². The zero-order chi connectivity index (χ0) is 16.4. The highest BCUT2D eigenvalue weighted by atomic mass is 16.5. The molecule has 2 heterocycles. The Kier molecular flexibility index (Phi) is 4.32. The first-order valence-electron chi connectivity index (χ1n) is 7.81. The lowest BCUT2D eigenvalue weighted by Crippen LogP contribution is -2.32. The average Bonchev–Trinajstić information content (AvgIpc) is 3.17. The summed E-state index contributed by atoms with van der Waals surface area (Å²) in [4.78, 5) is 18.3. The van der Waals surface area contributed by atoms with Crippen LogP contribution in [-0.2, 0) is 4.79 Å². The summed E-state index contributed by atoms with van der Waals surface area (Å²) < 4.78 is 10.8. The van der Waals surface area contributed by atoms with E-state index in [1.54, 1.807) is 11.8 Å². The Morgan fingerprint density at radius 2 is 2.17 bits per heavy atom. The molecule has 1 aliphatic heterocycles. The molecule has 1 aromatic carbocycles. The lowest BCUT2D eigenvalue weighted by Gasteiger charge is -2.16. The predicted molar refractivity (Wildman–Crippen MR) is 84.4 cm³/mol. The first kappa shape index (κ1) is 15.5. The molecule has 3 rings (SSSR count). The van der Waals surface area contributed by atoms with E-state index < -0.39 is 0 Å². The first-order valence-corrected chi connectivity index (χ1v) is 7.81. The van der Waals surface area contributed by atoms with Crippen molar-refractivity contribution in [1.29, 1.82) is 0 Å². The van der Waals surface area contributed by atoms with E-state index in [1.807, 2.05) is 32.0 Å². The van der Waals surface area contributed by atoms with Crippen LogP contribution in [0.3, 0.4) is 0 Å². The molecule has 2 aromatic rings. The first-order chi connectivity index (χ1) is 11.0. The van der Waals surface area contributed by atoms with Gasteiger partial charge in [-0.15, -0.1) is 0 Å². The van der Waals surface area contributed by atoms with Crippen LogP contribution in [0.5, 0.6) is 5.75 Å². The normalized spacial score (nSPS) is 17.5. The summed E-state index contributed by atoms with van der Waals surface area (Å²) in [6.45, 7) is 7.23. The molecule has 0 unspecified atom stereocenters. The van der Waals surface area contributed by atoms with E-state index in [1.165, 1.54) is 5.56 Å². The predicted octanol–water partition coefficient (Wildman–Crippen LogP) is 2.39. The Labute approximate surface area is 135 Å². The molecule has 0 saturated carbocycles. The van der Waals surface area contributed by atoms with Crippen molar-refractivity contribution in [3.8, 4) is 5.75 Å². The number of rotatable bonds is 4. The minimum Gasteiger partial charge on any atom is -0.484 e. The van der Waals surface area contributed by atoms with E-state index in [-0.39, 0.29) is 18.4 Å². The topological polar surface area (TPSA) is 68.5 Å². The van der Waals surface area contributed by atoms with Crippen LogP contribution in [0.25, 0.3) is 0 Å². The Hall–Kier alpha value is -2.37. The molecule has 1 saturated heterocycles. The molecule has 0 spiro atoms. The molecule has 1 aliphatic rings. The summed E-state index contributed by atoms with van der Waals surface area (Å²) in [5, 5.41) is 3.81. The highest BCUT2D eigenvalue weighted by Crippen LogP contribution is 2.26. The van der Waals surface area contributed by atoms with Gasteiger partial charge in [-0.2, -0.15) is 4.98 Å². The van der Waals surface area contributed by atoms with Crippen LogP contribution >= 0.6 is 0 Å². The van der Waals surface area contributed by atoms with E-state index in [4.69, 9.17) is 9.26 Å². The number of aryl methyl sites for hydroxylation is 3. The van der Waals surface area contributed by atoms with Crippen molar-refractivity contribution in [2.45, 2.75) is 33.1 Å². The zero-order valence-electron chi connectivity index (χ0n) is 13.7. The van der Waals surface area contributed by atoms with Gasteiger partial charge >= 0.3 is 0 Å². The highest BCUT2D eigenvalue weighted by Gasteiger charge is 2.30. The van der Waals surface area contributed by atoms with E-state index in [9.17, 15) is 4.79 Å². The van der Waals surface area contributed by atoms with Crippen molar-refractivity contribution in [2.24, 2.45) is 0 Å². The fourth-order valence-electron chi connectivity index (χ4n) is 2.71. The molecule has 23 heavy (non-hydrogen) atoms. The molecule has 6 nitrogen and oxygen atoms in total. The fourth-order valence-corrected chi connectivity index (χ4v) is 2.71. The van der Waals surface area contributed by atoms with Gasteiger partial charge in [-0.1, -0.05) is 11.2 Å². The Morgan fingerprint density at radius 1 is 1.35 bits per heavy atom. The SMILES string of the molecule is Cc1noc([C@@H]2CCN(C(=O)COc3ccc(C)c(C)c3)C2)n1. The van der Waals surface area contributed by atoms with Crippen LogP contribution in [-0.4, -0.2) is 40.6 Å². The molecule has 1 aromatic heterocycles. The van der Waals surface area contributed by atoms with Gasteiger partial charge in [0.25, 0.3) is 5.91 Å². The van der Waals surface area contributed by atoms with Crippen LogP contribution in [0.2, 0.25) is 0 Å². The lowest BCUT2D eigenvalue weighted by atomic mass is 10.1. The van der Waals surface area contributed by atoms with E-state index in [0.29, 0.717) is 24.8 Å². The maximum atomic E-state index is 12.3. The standard InChI is InChI=1S/C17H21N3O3/c1-11-4-5-15(8-12(11)2)22-10-16(21)20-7-6-14(9-20)17-18-13(3)19-23-17/h4-5,8,14H,6-7,9-10H2,1-3H3/t14-/m1/s1. The summed E-state index contributed by atoms with van der Waals surface area (Å²) in [6.07, 6.45) is 0.844. The van der Waals surface area contributed by atoms with Gasteiger partial charge in [0.2, 0.25) is 5.89 Å². The van der Waals surface area contributed by atoms with Gasteiger partial charge in [0.15, 0.2) is 12.4 Å². The second-order valence-corrected chi connectivity index (χ2v) is 6.04. The maximum absolute atomic E-state index is 12.3. The number of benzene rings is 1. The van der Waals surface area contributed by atoms with Crippen molar-refractivity contribution in [3.63, 3.8) is 0 Å². The molecule has 0 radical (unpaired) electrons. The molecule has 1 fully saturated rings. The average molecular weight is 315 g/mol. The quantitative estimate of drug-likeness (QED) is 0.866. The number of hydrogen-bond acceptors (Lipinski definition) is 5. The van der Waals surface area contributed by atoms with Crippen molar-refractivity contribution < 1.29 is 14.1 Å². The van der Waals surface area contributed by atoms with E-state index in [0.717, 1.165) is 17.7 Å². The molecular weight excluding hydrogens is 294 g/mol. The van der Waals surface area contributed by atoms with Gasteiger partial charge in [0.05, 0.1) is 5.92 Å². The molecule has 6 heteroatoms. The lowest BCUT2D eigenvalue weighted by molar-refractivity contribution is -0.132. The van der Waals surface area contributed by atoms with Crippen LogP contribution in [0.1, 0.15) is 35.2 Å². The third-order valence-electron chi connectivity index (χ3n) is 4.27. The van der Waals surface area contributed by atoms with Gasteiger partial charge in [-0.25, -0.2) is 0 Å². The molecule has 1 amide bonds. The van der Waals surface area contributed by atoms with Crippen molar-refractivity contribution in [1.82, 2.24) is 15.0 Å². The van der Waals surface area contributed by atoms with Gasteiger partial charge in [0.1, 0.15) is 5.75 Å². The third kappa shape index (κ3) is 3.52. The maximum Gasteiger partial charge on any atom is 0.260 e. The van der Waals surface area contributed by atoms with Crippen LogP contribution < -0.4 is 4.74 Å². The Morgan fingerprint density at radius 3 is 2.87 bits per heavy atom. The number of carbonyl (C=O) groups is 1. The molecule has 122 valence electrons. The fraction of sp³-hybridized carbons (Fsp3) is 0.471. The molecule has 0 N–H and O–H groups in total. The van der Waals surface area contributed by atoms with Crippen LogP contribution in [0.15, 0.2) is 22.7 Å². The van der Waals surface area contributed by atoms with Gasteiger partial charge < -0.3 is 14.2 Å². The second-order valence-electron chi connectivity index (χ2n) is 6.04. The minimum atomic E-state index is -0.0121. The van der Waals surface area contributed by atoms with E-state index in [2.05, 4.69) is 10.1 Å². The molecule has 1 atom stereocenters. The van der Waals surface area contributed by atoms with Crippen molar-refractivity contribution in [3.05, 3.63) is 41.0 Å². The van der Waals surface area contributed by atoms with Crippen LogP contribution in [0.4, 0.5) is 0 Å². The zero-order valence-corrected chi connectivity index (χ0v) is 13.7. The molecule has 0 aliphatic carbocycles. The number of carbonyl (C=O) groups excluding carboxylic acids is 1. The number of likely N-dealkylation sites (tertiary alicyclic amines) is 1. The van der Waals surface area contributed by atoms with Gasteiger partial charge in [-0.3, -0.25) is 4.79 Å². The number of aromatic nitrogens is 2. The number of nitrogens with zero attached hydrogens (tertiary/aromatic N) is 3. The number of amides is 1. The Balaban J connectivity index is 1.54. The largest absolute Gasteiger partial charge is 0.484 e. The summed E-state index contributed by atoms with van der Waals surface area (Å²) in [7, 11) is 0. The summed E-state index contributed by atoms with van der Waals surface area (Å²) in [6, 6.07) is 5.85. The summed E-state index contributed by atoms with van der Waals surface area (Å²) >= 11 is 0. The summed E-state index contributed by atoms with van der Waals surface area (Å²) in [5.41, 5.74) is 2.36. The smallest absolute Gasteiger partial charge is 0.260 e. The highest BCUT2D eigenvalue weighted by molar-refractivity contribution is 5.78.